The number of methoxy groups -OCH3 is 1. The van der Waals surface area contributed by atoms with E-state index >= 15 is 0 Å². The number of anilines is 1. The first kappa shape index (κ1) is 18.3. The lowest BCUT2D eigenvalue weighted by Crippen LogP contribution is -2.65. The molecule has 1 aliphatic heterocycles. The molecular formula is C19H27N5O3. The Labute approximate surface area is 159 Å². The van der Waals surface area contributed by atoms with Gasteiger partial charge in [-0.25, -0.2) is 15.0 Å². The third-order valence-electron chi connectivity index (χ3n) is 5.58. The molecule has 146 valence electrons. The normalized spacial score (nSPS) is 25.9. The maximum atomic E-state index is 5.84. The molecule has 0 atom stereocenters. The molecule has 0 amide bonds. The molecule has 0 unspecified atom stereocenters. The van der Waals surface area contributed by atoms with Crippen molar-refractivity contribution >= 4 is 16.9 Å². The highest BCUT2D eigenvalue weighted by atomic mass is 16.5. The molecule has 3 heterocycles. The van der Waals surface area contributed by atoms with Gasteiger partial charge in [0.15, 0.2) is 5.65 Å². The summed E-state index contributed by atoms with van der Waals surface area (Å²) in [6.45, 7) is 7.12. The fourth-order valence-corrected chi connectivity index (χ4v) is 4.12. The fourth-order valence-electron chi connectivity index (χ4n) is 4.12. The summed E-state index contributed by atoms with van der Waals surface area (Å²) < 4.78 is 16.7. The van der Waals surface area contributed by atoms with Gasteiger partial charge in [-0.1, -0.05) is 0 Å². The van der Waals surface area contributed by atoms with Crippen LogP contribution < -0.4 is 10.1 Å². The van der Waals surface area contributed by atoms with E-state index in [1.807, 2.05) is 6.07 Å². The van der Waals surface area contributed by atoms with Crippen molar-refractivity contribution in [2.24, 2.45) is 0 Å². The van der Waals surface area contributed by atoms with Gasteiger partial charge in [-0.3, -0.25) is 4.90 Å². The van der Waals surface area contributed by atoms with Crippen LogP contribution in [0.4, 0.5) is 5.82 Å². The number of ether oxygens (including phenoxy) is 3. The Morgan fingerprint density at radius 3 is 2.81 bits per heavy atom. The van der Waals surface area contributed by atoms with Crippen LogP contribution in [-0.4, -0.2) is 78.1 Å². The second kappa shape index (κ2) is 7.92. The second-order valence-corrected chi connectivity index (χ2v) is 7.13. The van der Waals surface area contributed by atoms with E-state index in [9.17, 15) is 0 Å². The van der Waals surface area contributed by atoms with Gasteiger partial charge < -0.3 is 19.5 Å². The zero-order valence-electron chi connectivity index (χ0n) is 16.0. The summed E-state index contributed by atoms with van der Waals surface area (Å²) in [6, 6.07) is 1.93. The first-order chi connectivity index (χ1) is 13.2. The smallest absolute Gasteiger partial charge is 0.164 e. The zero-order valence-corrected chi connectivity index (χ0v) is 16.0. The van der Waals surface area contributed by atoms with Crippen molar-refractivity contribution < 1.29 is 14.2 Å². The molecule has 0 bridgehead atoms. The standard InChI is InChI=1S/C19H27N5O3/c1-3-27-15-9-19(10-15,24-4-6-26-7-5-24)12-21-18-16-8-14(25-2)11-20-17(16)22-13-23-18/h8,11,13,15H,3-7,9-10,12H2,1-2H3,(H,20,21,22,23). The van der Waals surface area contributed by atoms with Gasteiger partial charge in [0.05, 0.1) is 38.0 Å². The summed E-state index contributed by atoms with van der Waals surface area (Å²) >= 11 is 0. The highest BCUT2D eigenvalue weighted by Gasteiger charge is 2.49. The average molecular weight is 373 g/mol. The number of nitrogens with one attached hydrogen (secondary N) is 1. The van der Waals surface area contributed by atoms with E-state index in [1.54, 1.807) is 19.6 Å². The van der Waals surface area contributed by atoms with Crippen LogP contribution >= 0.6 is 0 Å². The molecule has 2 aromatic rings. The molecule has 27 heavy (non-hydrogen) atoms. The summed E-state index contributed by atoms with van der Waals surface area (Å²) in [5.41, 5.74) is 0.738. The van der Waals surface area contributed by atoms with Gasteiger partial charge in [-0.15, -0.1) is 0 Å². The summed E-state index contributed by atoms with van der Waals surface area (Å²) in [5.74, 6) is 1.49. The van der Waals surface area contributed by atoms with E-state index in [-0.39, 0.29) is 5.54 Å². The van der Waals surface area contributed by atoms with Crippen molar-refractivity contribution in [2.45, 2.75) is 31.4 Å². The van der Waals surface area contributed by atoms with Gasteiger partial charge in [-0.2, -0.15) is 0 Å². The summed E-state index contributed by atoms with van der Waals surface area (Å²) in [6.07, 6.45) is 5.61. The monoisotopic (exact) mass is 373 g/mol. The molecule has 0 radical (unpaired) electrons. The van der Waals surface area contributed by atoms with E-state index in [2.05, 4.69) is 32.1 Å². The van der Waals surface area contributed by atoms with Gasteiger partial charge in [0.25, 0.3) is 0 Å². The van der Waals surface area contributed by atoms with Crippen LogP contribution in [0, 0.1) is 0 Å². The lowest BCUT2D eigenvalue weighted by molar-refractivity contribution is -0.121. The molecule has 8 nitrogen and oxygen atoms in total. The molecular weight excluding hydrogens is 346 g/mol. The first-order valence-electron chi connectivity index (χ1n) is 9.57. The van der Waals surface area contributed by atoms with Gasteiger partial charge in [0.1, 0.15) is 17.9 Å². The lowest BCUT2D eigenvalue weighted by atomic mass is 9.72. The van der Waals surface area contributed by atoms with Gasteiger partial charge in [0.2, 0.25) is 0 Å². The maximum absolute atomic E-state index is 5.84. The van der Waals surface area contributed by atoms with Crippen molar-refractivity contribution in [1.29, 1.82) is 0 Å². The lowest BCUT2D eigenvalue weighted by Gasteiger charge is -2.55. The number of morpholine rings is 1. The van der Waals surface area contributed by atoms with E-state index in [0.29, 0.717) is 17.5 Å². The topological polar surface area (TPSA) is 81.6 Å². The summed E-state index contributed by atoms with van der Waals surface area (Å²) in [5, 5.41) is 4.43. The molecule has 2 aromatic heterocycles. The van der Waals surface area contributed by atoms with Crippen molar-refractivity contribution in [2.75, 3.05) is 51.9 Å². The van der Waals surface area contributed by atoms with Gasteiger partial charge >= 0.3 is 0 Å². The third-order valence-corrected chi connectivity index (χ3v) is 5.58. The van der Waals surface area contributed by atoms with Crippen LogP contribution in [0.25, 0.3) is 11.0 Å². The molecule has 2 fully saturated rings. The molecule has 0 spiro atoms. The molecule has 0 aromatic carbocycles. The average Bonchev–Trinajstić information content (AvgIpc) is 2.70. The quantitative estimate of drug-likeness (QED) is 0.786. The van der Waals surface area contributed by atoms with E-state index in [4.69, 9.17) is 14.2 Å². The molecule has 1 saturated heterocycles. The number of aromatic nitrogens is 3. The molecule has 1 N–H and O–H groups in total. The minimum atomic E-state index is 0.0766. The number of pyridine rings is 1. The fraction of sp³-hybridized carbons (Fsp3) is 0.632. The Balaban J connectivity index is 1.53. The minimum Gasteiger partial charge on any atom is -0.495 e. The number of fused-ring (bicyclic) bond motifs is 1. The van der Waals surface area contributed by atoms with Crippen LogP contribution in [0.1, 0.15) is 19.8 Å². The molecule has 1 aliphatic carbocycles. The highest BCUT2D eigenvalue weighted by Crippen LogP contribution is 2.40. The van der Waals surface area contributed by atoms with Crippen molar-refractivity contribution in [3.8, 4) is 5.75 Å². The largest absolute Gasteiger partial charge is 0.495 e. The first-order valence-corrected chi connectivity index (χ1v) is 9.57. The molecule has 2 aliphatic rings. The Hall–Kier alpha value is -2.03. The minimum absolute atomic E-state index is 0.0766. The zero-order chi connectivity index (χ0) is 18.7. The van der Waals surface area contributed by atoms with Crippen LogP contribution in [-0.2, 0) is 9.47 Å². The van der Waals surface area contributed by atoms with Gasteiger partial charge in [-0.05, 0) is 25.8 Å². The van der Waals surface area contributed by atoms with E-state index in [1.165, 1.54) is 0 Å². The third kappa shape index (κ3) is 3.69. The second-order valence-electron chi connectivity index (χ2n) is 7.13. The molecule has 1 saturated carbocycles. The summed E-state index contributed by atoms with van der Waals surface area (Å²) in [4.78, 5) is 15.6. The van der Waals surface area contributed by atoms with Gasteiger partial charge in [0, 0.05) is 31.8 Å². The predicted molar refractivity (Wildman–Crippen MR) is 102 cm³/mol. The maximum Gasteiger partial charge on any atom is 0.164 e. The molecule has 4 rings (SSSR count). The van der Waals surface area contributed by atoms with Crippen molar-refractivity contribution in [1.82, 2.24) is 19.9 Å². The number of hydrogen-bond donors (Lipinski definition) is 1. The Kier molecular flexibility index (Phi) is 5.38. The van der Waals surface area contributed by atoms with Crippen molar-refractivity contribution in [3.05, 3.63) is 18.6 Å². The predicted octanol–water partition coefficient (Wildman–Crippen LogP) is 1.72. The summed E-state index contributed by atoms with van der Waals surface area (Å²) in [7, 11) is 1.63. The number of rotatable bonds is 7. The Bertz CT molecular complexity index is 775. The SMILES string of the molecule is CCOC1CC(CNc2ncnc3ncc(OC)cc23)(N2CCOCC2)C1. The van der Waals surface area contributed by atoms with Crippen LogP contribution in [0.3, 0.4) is 0 Å². The highest BCUT2D eigenvalue weighted by molar-refractivity contribution is 5.87. The van der Waals surface area contributed by atoms with Crippen LogP contribution in [0.2, 0.25) is 0 Å². The van der Waals surface area contributed by atoms with Crippen molar-refractivity contribution in [3.63, 3.8) is 0 Å². The Morgan fingerprint density at radius 1 is 1.26 bits per heavy atom. The van der Waals surface area contributed by atoms with Crippen LogP contribution in [0.5, 0.6) is 5.75 Å². The molecule has 8 heteroatoms. The Morgan fingerprint density at radius 2 is 2.07 bits per heavy atom. The van der Waals surface area contributed by atoms with E-state index in [0.717, 1.165) is 63.5 Å². The number of hydrogen-bond acceptors (Lipinski definition) is 8. The number of nitrogens with zero attached hydrogens (tertiary/aromatic N) is 4. The van der Waals surface area contributed by atoms with Crippen LogP contribution in [0.15, 0.2) is 18.6 Å². The van der Waals surface area contributed by atoms with E-state index < -0.39 is 0 Å².